The molecule has 2 aromatic rings. The average molecular weight is 247 g/mol. The van der Waals surface area contributed by atoms with Gasteiger partial charge in [0, 0.05) is 12.6 Å². The van der Waals surface area contributed by atoms with Gasteiger partial charge in [0.25, 0.3) is 0 Å². The van der Waals surface area contributed by atoms with E-state index in [1.54, 1.807) is 11.3 Å². The first kappa shape index (κ1) is 11.0. The predicted molar refractivity (Wildman–Crippen MR) is 73.6 cm³/mol. The van der Waals surface area contributed by atoms with Gasteiger partial charge in [0.1, 0.15) is 0 Å². The standard InChI is InChI=1S/C13H17N3S/c1-9-6-10(7-14)8-16(9)13-15-11-4-2-3-5-12(11)17-13/h2-5,9-10H,6-8,14H2,1H3. The summed E-state index contributed by atoms with van der Waals surface area (Å²) < 4.78 is 1.27. The molecule has 2 unspecified atom stereocenters. The molecule has 0 bridgehead atoms. The predicted octanol–water partition coefficient (Wildman–Crippen LogP) is 2.47. The van der Waals surface area contributed by atoms with Crippen molar-refractivity contribution in [2.75, 3.05) is 18.0 Å². The summed E-state index contributed by atoms with van der Waals surface area (Å²) in [5.74, 6) is 0.622. The van der Waals surface area contributed by atoms with E-state index >= 15 is 0 Å². The number of hydrogen-bond acceptors (Lipinski definition) is 4. The highest BCUT2D eigenvalue weighted by atomic mass is 32.1. The lowest BCUT2D eigenvalue weighted by molar-refractivity contribution is 0.579. The molecule has 90 valence electrons. The van der Waals surface area contributed by atoms with Gasteiger partial charge in [0.15, 0.2) is 5.13 Å². The van der Waals surface area contributed by atoms with Crippen molar-refractivity contribution in [1.82, 2.24) is 4.98 Å². The maximum Gasteiger partial charge on any atom is 0.186 e. The molecule has 4 heteroatoms. The largest absolute Gasteiger partial charge is 0.345 e. The van der Waals surface area contributed by atoms with E-state index in [2.05, 4.69) is 30.0 Å². The lowest BCUT2D eigenvalue weighted by atomic mass is 10.1. The van der Waals surface area contributed by atoms with Crippen LogP contribution in [0.1, 0.15) is 13.3 Å². The number of para-hydroxylation sites is 1. The van der Waals surface area contributed by atoms with Crippen molar-refractivity contribution in [3.63, 3.8) is 0 Å². The summed E-state index contributed by atoms with van der Waals surface area (Å²) in [5.41, 5.74) is 6.88. The maximum atomic E-state index is 5.77. The SMILES string of the molecule is CC1CC(CN)CN1c1nc2ccccc2s1. The molecular formula is C13H17N3S. The molecule has 3 rings (SSSR count). The van der Waals surface area contributed by atoms with E-state index in [1.165, 1.54) is 11.1 Å². The second-order valence-electron chi connectivity index (χ2n) is 4.80. The molecule has 1 aromatic heterocycles. The van der Waals surface area contributed by atoms with Gasteiger partial charge < -0.3 is 10.6 Å². The molecule has 1 aliphatic rings. The van der Waals surface area contributed by atoms with E-state index < -0.39 is 0 Å². The van der Waals surface area contributed by atoms with Crippen LogP contribution in [0.4, 0.5) is 5.13 Å². The van der Waals surface area contributed by atoms with Crippen LogP contribution in [0.25, 0.3) is 10.2 Å². The number of nitrogens with two attached hydrogens (primary N) is 1. The van der Waals surface area contributed by atoms with Crippen molar-refractivity contribution < 1.29 is 0 Å². The van der Waals surface area contributed by atoms with Crippen LogP contribution in [0.2, 0.25) is 0 Å². The third-order valence-electron chi connectivity index (χ3n) is 3.52. The Morgan fingerprint density at radius 3 is 3.00 bits per heavy atom. The Hall–Kier alpha value is -1.13. The Balaban J connectivity index is 1.93. The van der Waals surface area contributed by atoms with Gasteiger partial charge in [-0.05, 0) is 37.9 Å². The lowest BCUT2D eigenvalue weighted by Gasteiger charge is -2.19. The molecule has 1 fully saturated rings. The molecule has 1 aliphatic heterocycles. The molecule has 17 heavy (non-hydrogen) atoms. The number of anilines is 1. The van der Waals surface area contributed by atoms with Crippen LogP contribution in [0.5, 0.6) is 0 Å². The zero-order chi connectivity index (χ0) is 11.8. The molecule has 0 radical (unpaired) electrons. The van der Waals surface area contributed by atoms with Gasteiger partial charge in [0.05, 0.1) is 10.2 Å². The first-order chi connectivity index (χ1) is 8.28. The van der Waals surface area contributed by atoms with Gasteiger partial charge >= 0.3 is 0 Å². The average Bonchev–Trinajstić information content (AvgIpc) is 2.91. The molecule has 2 heterocycles. The molecule has 2 atom stereocenters. The minimum atomic E-state index is 0.559. The van der Waals surface area contributed by atoms with E-state index in [9.17, 15) is 0 Å². The molecule has 0 aliphatic carbocycles. The van der Waals surface area contributed by atoms with Gasteiger partial charge in [-0.3, -0.25) is 0 Å². The van der Waals surface area contributed by atoms with Crippen molar-refractivity contribution in [2.24, 2.45) is 11.7 Å². The van der Waals surface area contributed by atoms with Gasteiger partial charge in [-0.2, -0.15) is 0 Å². The van der Waals surface area contributed by atoms with E-state index in [-0.39, 0.29) is 0 Å². The topological polar surface area (TPSA) is 42.1 Å². The highest BCUT2D eigenvalue weighted by Gasteiger charge is 2.29. The molecule has 2 N–H and O–H groups in total. The second-order valence-corrected chi connectivity index (χ2v) is 5.81. The highest BCUT2D eigenvalue weighted by molar-refractivity contribution is 7.22. The summed E-state index contributed by atoms with van der Waals surface area (Å²) in [6.07, 6.45) is 1.19. The lowest BCUT2D eigenvalue weighted by Crippen LogP contribution is -2.27. The number of nitrogens with zero attached hydrogens (tertiary/aromatic N) is 2. The van der Waals surface area contributed by atoms with Gasteiger partial charge in [-0.15, -0.1) is 0 Å². The van der Waals surface area contributed by atoms with Crippen LogP contribution in [-0.4, -0.2) is 24.1 Å². The number of thiazole rings is 1. The van der Waals surface area contributed by atoms with Crippen LogP contribution in [0.3, 0.4) is 0 Å². The fourth-order valence-electron chi connectivity index (χ4n) is 2.56. The van der Waals surface area contributed by atoms with Gasteiger partial charge in [0.2, 0.25) is 0 Å². The molecule has 1 saturated heterocycles. The van der Waals surface area contributed by atoms with Crippen molar-refractivity contribution in [3.8, 4) is 0 Å². The van der Waals surface area contributed by atoms with E-state index in [4.69, 9.17) is 10.7 Å². The van der Waals surface area contributed by atoms with Crippen LogP contribution in [0, 0.1) is 5.92 Å². The Kier molecular flexibility index (Phi) is 2.76. The van der Waals surface area contributed by atoms with E-state index in [0.717, 1.165) is 23.7 Å². The monoisotopic (exact) mass is 247 g/mol. The zero-order valence-electron chi connectivity index (χ0n) is 9.97. The first-order valence-electron chi connectivity index (χ1n) is 6.10. The molecule has 1 aromatic carbocycles. The summed E-state index contributed by atoms with van der Waals surface area (Å²) in [7, 11) is 0. The molecule has 3 nitrogen and oxygen atoms in total. The number of hydrogen-bond donors (Lipinski definition) is 1. The Labute approximate surface area is 105 Å². The highest BCUT2D eigenvalue weighted by Crippen LogP contribution is 2.34. The fraction of sp³-hybridized carbons (Fsp3) is 0.462. The first-order valence-corrected chi connectivity index (χ1v) is 6.92. The quantitative estimate of drug-likeness (QED) is 0.886. The Bertz CT molecular complexity index is 489. The Morgan fingerprint density at radius 2 is 2.29 bits per heavy atom. The number of rotatable bonds is 2. The number of aromatic nitrogens is 1. The van der Waals surface area contributed by atoms with Crippen LogP contribution in [-0.2, 0) is 0 Å². The zero-order valence-corrected chi connectivity index (χ0v) is 10.8. The van der Waals surface area contributed by atoms with E-state index in [1.807, 2.05) is 6.07 Å². The van der Waals surface area contributed by atoms with Crippen LogP contribution in [0.15, 0.2) is 24.3 Å². The number of fused-ring (bicyclic) bond motifs is 1. The van der Waals surface area contributed by atoms with Crippen molar-refractivity contribution in [3.05, 3.63) is 24.3 Å². The van der Waals surface area contributed by atoms with Crippen molar-refractivity contribution in [2.45, 2.75) is 19.4 Å². The summed E-state index contributed by atoms with van der Waals surface area (Å²) >= 11 is 1.78. The third-order valence-corrected chi connectivity index (χ3v) is 4.60. The van der Waals surface area contributed by atoms with E-state index in [0.29, 0.717) is 12.0 Å². The smallest absolute Gasteiger partial charge is 0.186 e. The molecule has 0 saturated carbocycles. The van der Waals surface area contributed by atoms with Crippen LogP contribution >= 0.6 is 11.3 Å². The molecular weight excluding hydrogens is 230 g/mol. The van der Waals surface area contributed by atoms with Crippen molar-refractivity contribution in [1.29, 1.82) is 0 Å². The molecule has 0 spiro atoms. The fourth-order valence-corrected chi connectivity index (χ4v) is 3.64. The summed E-state index contributed by atoms with van der Waals surface area (Å²) in [4.78, 5) is 7.12. The normalized spacial score (nSPS) is 24.7. The number of benzene rings is 1. The summed E-state index contributed by atoms with van der Waals surface area (Å²) in [6.45, 7) is 4.10. The summed E-state index contributed by atoms with van der Waals surface area (Å²) in [5, 5.41) is 1.15. The van der Waals surface area contributed by atoms with Crippen molar-refractivity contribution >= 4 is 26.7 Å². The summed E-state index contributed by atoms with van der Waals surface area (Å²) in [6, 6.07) is 8.89. The third kappa shape index (κ3) is 1.91. The maximum absolute atomic E-state index is 5.77. The second kappa shape index (κ2) is 4.27. The van der Waals surface area contributed by atoms with Gasteiger partial charge in [-0.1, -0.05) is 23.5 Å². The minimum Gasteiger partial charge on any atom is -0.345 e. The Morgan fingerprint density at radius 1 is 1.47 bits per heavy atom. The van der Waals surface area contributed by atoms with Gasteiger partial charge in [-0.25, -0.2) is 4.98 Å². The minimum absolute atomic E-state index is 0.559. The van der Waals surface area contributed by atoms with Crippen LogP contribution < -0.4 is 10.6 Å². The molecule has 0 amide bonds.